The van der Waals surface area contributed by atoms with Gasteiger partial charge in [0.2, 0.25) is 11.8 Å². The molecule has 2 aromatic rings. The molecule has 0 saturated carbocycles. The average Bonchev–Trinajstić information content (AvgIpc) is 2.72. The molecular formula is C25H31Cl3N2O2S. The van der Waals surface area contributed by atoms with Crippen LogP contribution in [0.4, 0.5) is 0 Å². The van der Waals surface area contributed by atoms with E-state index in [1.807, 2.05) is 52.0 Å². The van der Waals surface area contributed by atoms with Crippen LogP contribution in [-0.4, -0.2) is 34.0 Å². The van der Waals surface area contributed by atoms with Crippen LogP contribution < -0.4 is 5.32 Å². The summed E-state index contributed by atoms with van der Waals surface area (Å²) in [4.78, 5) is 29.1. The van der Waals surface area contributed by atoms with Crippen LogP contribution in [0.25, 0.3) is 0 Å². The molecule has 2 amide bonds. The van der Waals surface area contributed by atoms with Crippen molar-refractivity contribution >= 4 is 58.4 Å². The number of amides is 2. The number of nitrogens with one attached hydrogen (secondary N) is 1. The molecule has 4 nitrogen and oxygen atoms in total. The fraction of sp³-hybridized carbons (Fsp3) is 0.440. The van der Waals surface area contributed by atoms with Gasteiger partial charge in [0, 0.05) is 38.5 Å². The van der Waals surface area contributed by atoms with Gasteiger partial charge in [0.15, 0.2) is 0 Å². The summed E-state index contributed by atoms with van der Waals surface area (Å²) in [7, 11) is 0. The van der Waals surface area contributed by atoms with Crippen molar-refractivity contribution in [3.63, 3.8) is 0 Å². The number of hydrogen-bond donors (Lipinski definition) is 1. The molecule has 0 unspecified atom stereocenters. The van der Waals surface area contributed by atoms with Gasteiger partial charge in [-0.2, -0.15) is 0 Å². The second kappa shape index (κ2) is 12.9. The van der Waals surface area contributed by atoms with Crippen LogP contribution in [0, 0.1) is 0 Å². The Balaban J connectivity index is 2.12. The van der Waals surface area contributed by atoms with Gasteiger partial charge in [0.05, 0.1) is 0 Å². The summed E-state index contributed by atoms with van der Waals surface area (Å²) in [5.74, 6) is 0.543. The zero-order valence-corrected chi connectivity index (χ0v) is 22.5. The van der Waals surface area contributed by atoms with Crippen LogP contribution >= 0.6 is 46.6 Å². The van der Waals surface area contributed by atoms with Gasteiger partial charge in [-0.3, -0.25) is 9.59 Å². The molecule has 180 valence electrons. The lowest BCUT2D eigenvalue weighted by atomic mass is 10.0. The number of carbonyl (C=O) groups excluding carboxylic acids is 2. The van der Waals surface area contributed by atoms with Gasteiger partial charge >= 0.3 is 0 Å². The van der Waals surface area contributed by atoms with Crippen LogP contribution in [0.3, 0.4) is 0 Å². The SMILES string of the molecule is CC[C@@H](C(=O)NC(C)(C)C)N(Cc1ccc(Cl)cc1Cl)C(=O)CCCSc1ccc(Cl)cc1. The average molecular weight is 530 g/mol. The molecule has 0 aromatic heterocycles. The monoisotopic (exact) mass is 528 g/mol. The third-order valence-electron chi connectivity index (χ3n) is 4.86. The van der Waals surface area contributed by atoms with Gasteiger partial charge in [-0.25, -0.2) is 0 Å². The first-order chi connectivity index (χ1) is 15.5. The molecule has 2 rings (SSSR count). The molecule has 0 fully saturated rings. The van der Waals surface area contributed by atoms with E-state index in [1.54, 1.807) is 34.9 Å². The first-order valence-electron chi connectivity index (χ1n) is 10.9. The fourth-order valence-corrected chi connectivity index (χ4v) is 4.74. The summed E-state index contributed by atoms with van der Waals surface area (Å²) in [6.45, 7) is 7.93. The minimum absolute atomic E-state index is 0.0753. The molecule has 1 atom stereocenters. The van der Waals surface area contributed by atoms with Crippen molar-refractivity contribution in [3.05, 3.63) is 63.1 Å². The van der Waals surface area contributed by atoms with Crippen LogP contribution in [0.2, 0.25) is 15.1 Å². The highest BCUT2D eigenvalue weighted by Gasteiger charge is 2.30. The number of rotatable bonds is 10. The Morgan fingerprint density at radius 2 is 1.67 bits per heavy atom. The van der Waals surface area contributed by atoms with Crippen molar-refractivity contribution in [1.82, 2.24) is 10.2 Å². The molecule has 2 aromatic carbocycles. The van der Waals surface area contributed by atoms with E-state index in [9.17, 15) is 9.59 Å². The topological polar surface area (TPSA) is 49.4 Å². The Labute approximate surface area is 216 Å². The fourth-order valence-electron chi connectivity index (χ4n) is 3.29. The lowest BCUT2D eigenvalue weighted by Crippen LogP contribution is -2.53. The second-order valence-corrected chi connectivity index (χ2v) is 11.3. The minimum Gasteiger partial charge on any atom is -0.350 e. The maximum atomic E-state index is 13.3. The third kappa shape index (κ3) is 9.40. The molecule has 1 N–H and O–H groups in total. The predicted octanol–water partition coefficient (Wildman–Crippen LogP) is 7.24. The third-order valence-corrected chi connectivity index (χ3v) is 6.79. The van der Waals surface area contributed by atoms with Crippen LogP contribution in [0.15, 0.2) is 47.4 Å². The number of benzene rings is 2. The molecule has 0 heterocycles. The summed E-state index contributed by atoms with van der Waals surface area (Å²) in [6, 6.07) is 12.2. The molecule has 0 spiro atoms. The van der Waals surface area contributed by atoms with Gasteiger partial charge in [0.1, 0.15) is 6.04 Å². The molecule has 0 radical (unpaired) electrons. The second-order valence-electron chi connectivity index (χ2n) is 8.83. The van der Waals surface area contributed by atoms with Gasteiger partial charge in [0.25, 0.3) is 0 Å². The smallest absolute Gasteiger partial charge is 0.243 e. The summed E-state index contributed by atoms with van der Waals surface area (Å²) >= 11 is 20.0. The summed E-state index contributed by atoms with van der Waals surface area (Å²) < 4.78 is 0. The van der Waals surface area contributed by atoms with Crippen molar-refractivity contribution in [2.24, 2.45) is 0 Å². The van der Waals surface area contributed by atoms with E-state index >= 15 is 0 Å². The molecule has 8 heteroatoms. The van der Waals surface area contributed by atoms with Gasteiger partial charge in [-0.1, -0.05) is 47.8 Å². The Morgan fingerprint density at radius 3 is 2.24 bits per heavy atom. The van der Waals surface area contributed by atoms with Crippen molar-refractivity contribution in [1.29, 1.82) is 0 Å². The molecule has 0 aliphatic rings. The lowest BCUT2D eigenvalue weighted by Gasteiger charge is -2.33. The van der Waals surface area contributed by atoms with Crippen molar-refractivity contribution in [2.75, 3.05) is 5.75 Å². The van der Waals surface area contributed by atoms with E-state index in [0.29, 0.717) is 34.3 Å². The van der Waals surface area contributed by atoms with E-state index < -0.39 is 11.6 Å². The molecular weight excluding hydrogens is 499 g/mol. The standard InChI is InChI=1S/C25H31Cl3N2O2S/c1-5-22(24(32)29-25(2,3)4)30(16-17-8-9-19(27)15-21(17)28)23(31)7-6-14-33-20-12-10-18(26)11-13-20/h8-13,15,22H,5-7,14,16H2,1-4H3,(H,29,32)/t22-/m0/s1. The Hall–Kier alpha value is -1.40. The maximum Gasteiger partial charge on any atom is 0.243 e. The van der Waals surface area contributed by atoms with Crippen molar-refractivity contribution in [3.8, 4) is 0 Å². The summed E-state index contributed by atoms with van der Waals surface area (Å²) in [5.41, 5.74) is 0.360. The number of carbonyl (C=O) groups is 2. The van der Waals surface area contributed by atoms with Gasteiger partial charge < -0.3 is 10.2 Å². The molecule has 0 saturated heterocycles. The molecule has 0 aliphatic carbocycles. The largest absolute Gasteiger partial charge is 0.350 e. The van der Waals surface area contributed by atoms with Crippen molar-refractivity contribution < 1.29 is 9.59 Å². The van der Waals surface area contributed by atoms with E-state index in [2.05, 4.69) is 5.32 Å². The normalized spacial score (nSPS) is 12.3. The van der Waals surface area contributed by atoms with E-state index in [-0.39, 0.29) is 18.4 Å². The first kappa shape index (κ1) is 27.8. The zero-order valence-electron chi connectivity index (χ0n) is 19.5. The molecule has 0 aliphatic heterocycles. The minimum atomic E-state index is -0.590. The zero-order chi connectivity index (χ0) is 24.6. The highest BCUT2D eigenvalue weighted by atomic mass is 35.5. The number of halogens is 3. The van der Waals surface area contributed by atoms with Crippen LogP contribution in [0.1, 0.15) is 52.5 Å². The first-order valence-corrected chi connectivity index (χ1v) is 13.1. The Bertz CT molecular complexity index is 946. The van der Waals surface area contributed by atoms with Crippen molar-refractivity contribution in [2.45, 2.75) is 70.0 Å². The van der Waals surface area contributed by atoms with Gasteiger partial charge in [-0.05, 0) is 81.3 Å². The maximum absolute atomic E-state index is 13.3. The van der Waals surface area contributed by atoms with Crippen LogP contribution in [-0.2, 0) is 16.1 Å². The quantitative estimate of drug-likeness (QED) is 0.261. The molecule has 33 heavy (non-hydrogen) atoms. The summed E-state index contributed by atoms with van der Waals surface area (Å²) in [6.07, 6.45) is 1.53. The number of nitrogens with zero attached hydrogens (tertiary/aromatic N) is 1. The summed E-state index contributed by atoms with van der Waals surface area (Å²) in [5, 5.41) is 4.71. The van der Waals surface area contributed by atoms with Gasteiger partial charge in [-0.15, -0.1) is 11.8 Å². The number of hydrogen-bond acceptors (Lipinski definition) is 3. The van der Waals surface area contributed by atoms with E-state index in [1.165, 1.54) is 0 Å². The Kier molecular flexibility index (Phi) is 10.9. The highest BCUT2D eigenvalue weighted by molar-refractivity contribution is 7.99. The Morgan fingerprint density at radius 1 is 1.03 bits per heavy atom. The lowest BCUT2D eigenvalue weighted by molar-refractivity contribution is -0.142. The van der Waals surface area contributed by atoms with E-state index in [4.69, 9.17) is 34.8 Å². The van der Waals surface area contributed by atoms with Crippen LogP contribution in [0.5, 0.6) is 0 Å². The molecule has 0 bridgehead atoms. The number of thioether (sulfide) groups is 1. The van der Waals surface area contributed by atoms with E-state index in [0.717, 1.165) is 16.2 Å². The highest BCUT2D eigenvalue weighted by Crippen LogP contribution is 2.25. The predicted molar refractivity (Wildman–Crippen MR) is 140 cm³/mol.